The van der Waals surface area contributed by atoms with Crippen molar-refractivity contribution in [1.82, 2.24) is 10.2 Å². The Labute approximate surface area is 132 Å². The van der Waals surface area contributed by atoms with Crippen molar-refractivity contribution in [3.63, 3.8) is 0 Å². The van der Waals surface area contributed by atoms with E-state index in [-0.39, 0.29) is 16.2 Å². The topological polar surface area (TPSA) is 58.6 Å². The third-order valence-electron chi connectivity index (χ3n) is 2.92. The van der Waals surface area contributed by atoms with Gasteiger partial charge in [-0.15, -0.1) is 11.8 Å². The summed E-state index contributed by atoms with van der Waals surface area (Å²) >= 11 is 1.59. The highest BCUT2D eigenvalue weighted by Gasteiger charge is 2.49. The second-order valence-corrected chi connectivity index (χ2v) is 9.57. The molecule has 0 aromatic rings. The van der Waals surface area contributed by atoms with Crippen molar-refractivity contribution in [2.24, 2.45) is 0 Å². The molecule has 1 heterocycles. The molecule has 0 spiro atoms. The van der Waals surface area contributed by atoms with Gasteiger partial charge >= 0.3 is 6.09 Å². The zero-order chi connectivity index (χ0) is 16.6. The number of hydrogen-bond donors (Lipinski definition) is 1. The largest absolute Gasteiger partial charge is 0.444 e. The Morgan fingerprint density at radius 1 is 1.19 bits per heavy atom. The molecule has 2 amide bonds. The molecule has 1 rings (SSSR count). The van der Waals surface area contributed by atoms with Crippen LogP contribution in [0.1, 0.15) is 55.4 Å². The maximum absolute atomic E-state index is 12.6. The lowest BCUT2D eigenvalue weighted by atomic mass is 9.99. The molecule has 0 aromatic carbocycles. The first-order valence-electron chi connectivity index (χ1n) is 7.18. The Hall–Kier alpha value is -0.910. The van der Waals surface area contributed by atoms with Gasteiger partial charge < -0.3 is 10.1 Å². The number of carbonyl (C=O) groups excluding carboxylic acids is 2. The summed E-state index contributed by atoms with van der Waals surface area (Å²) in [7, 11) is 0. The summed E-state index contributed by atoms with van der Waals surface area (Å²) in [5, 5.41) is 2.96. The summed E-state index contributed by atoms with van der Waals surface area (Å²) in [5.74, 6) is 0.327. The Morgan fingerprint density at radius 2 is 1.71 bits per heavy atom. The average Bonchev–Trinajstić information content (AvgIpc) is 2.48. The van der Waals surface area contributed by atoms with Crippen molar-refractivity contribution < 1.29 is 14.3 Å². The molecular weight excluding hydrogens is 288 g/mol. The first-order chi connectivity index (χ1) is 9.23. The van der Waals surface area contributed by atoms with Gasteiger partial charge in [0.1, 0.15) is 11.6 Å². The number of amides is 2. The van der Waals surface area contributed by atoms with E-state index >= 15 is 0 Å². The summed E-state index contributed by atoms with van der Waals surface area (Å²) in [6.07, 6.45) is -0.436. The highest BCUT2D eigenvalue weighted by Crippen LogP contribution is 2.40. The number of thioether (sulfide) groups is 1. The van der Waals surface area contributed by atoms with E-state index in [0.29, 0.717) is 5.88 Å². The summed E-state index contributed by atoms with van der Waals surface area (Å²) in [4.78, 5) is 26.4. The van der Waals surface area contributed by atoms with Crippen molar-refractivity contribution in [1.29, 1.82) is 0 Å². The number of hydrogen-bond acceptors (Lipinski definition) is 4. The van der Waals surface area contributed by atoms with Crippen LogP contribution < -0.4 is 5.32 Å². The van der Waals surface area contributed by atoms with E-state index in [1.165, 1.54) is 4.90 Å². The Bertz CT molecular complexity index is 422. The van der Waals surface area contributed by atoms with Gasteiger partial charge in [0.25, 0.3) is 0 Å². The fraction of sp³-hybridized carbons (Fsp3) is 0.867. The van der Waals surface area contributed by atoms with E-state index in [1.807, 2.05) is 55.4 Å². The van der Waals surface area contributed by atoms with E-state index < -0.39 is 17.7 Å². The number of nitrogens with one attached hydrogen (secondary N) is 1. The van der Waals surface area contributed by atoms with Crippen molar-refractivity contribution in [3.05, 3.63) is 0 Å². The van der Waals surface area contributed by atoms with Gasteiger partial charge in [-0.3, -0.25) is 9.69 Å². The monoisotopic (exact) mass is 316 g/mol. The highest BCUT2D eigenvalue weighted by atomic mass is 32.2. The van der Waals surface area contributed by atoms with E-state index in [9.17, 15) is 9.59 Å². The van der Waals surface area contributed by atoms with E-state index in [0.717, 1.165) is 0 Å². The van der Waals surface area contributed by atoms with Crippen LogP contribution in [0, 0.1) is 0 Å². The minimum absolute atomic E-state index is 0.136. The normalized spacial score (nSPS) is 22.1. The van der Waals surface area contributed by atoms with Crippen molar-refractivity contribution >= 4 is 23.8 Å². The van der Waals surface area contributed by atoms with Gasteiger partial charge in [0.05, 0.1) is 5.88 Å². The molecule has 0 radical (unpaired) electrons. The number of nitrogens with zero attached hydrogens (tertiary/aromatic N) is 1. The van der Waals surface area contributed by atoms with Gasteiger partial charge in [0.15, 0.2) is 0 Å². The third-order valence-corrected chi connectivity index (χ3v) is 4.29. The van der Waals surface area contributed by atoms with Crippen LogP contribution in [0.5, 0.6) is 0 Å². The fourth-order valence-electron chi connectivity index (χ4n) is 2.14. The van der Waals surface area contributed by atoms with Crippen LogP contribution in [0.3, 0.4) is 0 Å². The summed E-state index contributed by atoms with van der Waals surface area (Å²) in [5.41, 5.74) is -0.903. The van der Waals surface area contributed by atoms with Crippen molar-refractivity contribution in [2.75, 3.05) is 5.88 Å². The first kappa shape index (κ1) is 18.1. The zero-order valence-electron chi connectivity index (χ0n) is 14.4. The van der Waals surface area contributed by atoms with Gasteiger partial charge in [0, 0.05) is 10.3 Å². The predicted octanol–water partition coefficient (Wildman–Crippen LogP) is 2.99. The number of ether oxygens (including phenoxy) is 1. The summed E-state index contributed by atoms with van der Waals surface area (Å²) in [6.45, 7) is 15.2. The molecule has 6 heteroatoms. The fourth-order valence-corrected chi connectivity index (χ4v) is 3.26. The molecule has 1 atom stereocenters. The second kappa shape index (κ2) is 5.71. The molecule has 1 N–H and O–H groups in total. The lowest BCUT2D eigenvalue weighted by Gasteiger charge is -2.34. The van der Waals surface area contributed by atoms with Crippen LogP contribution in [-0.4, -0.2) is 44.7 Å². The van der Waals surface area contributed by atoms with E-state index in [4.69, 9.17) is 4.74 Å². The Morgan fingerprint density at radius 3 is 2.14 bits per heavy atom. The third kappa shape index (κ3) is 5.09. The van der Waals surface area contributed by atoms with Gasteiger partial charge in [0.2, 0.25) is 5.91 Å². The molecule has 1 saturated heterocycles. The van der Waals surface area contributed by atoms with Gasteiger partial charge in [-0.05, 0) is 55.4 Å². The average molecular weight is 316 g/mol. The second-order valence-electron chi connectivity index (χ2n) is 7.97. The highest BCUT2D eigenvalue weighted by molar-refractivity contribution is 8.00. The van der Waals surface area contributed by atoms with Crippen molar-refractivity contribution in [3.8, 4) is 0 Å². The molecular formula is C15H28N2O3S. The molecule has 0 bridgehead atoms. The summed E-state index contributed by atoms with van der Waals surface area (Å²) < 4.78 is 5.08. The minimum atomic E-state index is -0.570. The first-order valence-corrected chi connectivity index (χ1v) is 8.17. The van der Waals surface area contributed by atoms with Crippen LogP contribution >= 0.6 is 11.8 Å². The van der Waals surface area contributed by atoms with Gasteiger partial charge in [-0.25, -0.2) is 4.79 Å². The van der Waals surface area contributed by atoms with E-state index in [1.54, 1.807) is 11.8 Å². The van der Waals surface area contributed by atoms with Crippen LogP contribution in [0.25, 0.3) is 0 Å². The molecule has 0 unspecified atom stereocenters. The minimum Gasteiger partial charge on any atom is -0.444 e. The maximum Gasteiger partial charge on any atom is 0.411 e. The van der Waals surface area contributed by atoms with Gasteiger partial charge in [-0.1, -0.05) is 0 Å². The molecule has 21 heavy (non-hydrogen) atoms. The van der Waals surface area contributed by atoms with Crippen LogP contribution in [0.2, 0.25) is 0 Å². The Balaban J connectivity index is 2.94. The number of carbonyl (C=O) groups is 2. The van der Waals surface area contributed by atoms with Crippen LogP contribution in [0.15, 0.2) is 0 Å². The quantitative estimate of drug-likeness (QED) is 0.808. The molecule has 0 saturated carbocycles. The van der Waals surface area contributed by atoms with Gasteiger partial charge in [-0.2, -0.15) is 0 Å². The lowest BCUT2D eigenvalue weighted by Crippen LogP contribution is -2.57. The Kier molecular flexibility index (Phi) is 4.93. The molecule has 1 aliphatic rings. The maximum atomic E-state index is 12.6. The van der Waals surface area contributed by atoms with E-state index in [2.05, 4.69) is 5.32 Å². The molecule has 5 nitrogen and oxygen atoms in total. The smallest absolute Gasteiger partial charge is 0.411 e. The summed E-state index contributed by atoms with van der Waals surface area (Å²) in [6, 6.07) is -0.531. The molecule has 0 aliphatic carbocycles. The molecule has 122 valence electrons. The lowest BCUT2D eigenvalue weighted by molar-refractivity contribution is -0.128. The van der Waals surface area contributed by atoms with Crippen molar-refractivity contribution in [2.45, 2.75) is 77.3 Å². The predicted molar refractivity (Wildman–Crippen MR) is 86.3 cm³/mol. The van der Waals surface area contributed by atoms with Crippen LogP contribution in [0.4, 0.5) is 4.79 Å². The standard InChI is InChI=1S/C15H28N2O3S/c1-13(2,3)16-11(18)10-15(7,8)21-9-17(10)12(19)20-14(4,5)6/h10H,9H2,1-8H3,(H,16,18)/t10-/m1/s1. The molecule has 1 aliphatic heterocycles. The SMILES string of the molecule is CC(C)(C)NC(=O)[C@H]1N(C(=O)OC(C)(C)C)CSC1(C)C. The molecule has 1 fully saturated rings. The number of rotatable bonds is 1. The molecule has 0 aromatic heterocycles. The van der Waals surface area contributed by atoms with Crippen LogP contribution in [-0.2, 0) is 9.53 Å². The zero-order valence-corrected chi connectivity index (χ0v) is 15.2.